The van der Waals surface area contributed by atoms with E-state index in [-0.39, 0.29) is 29.3 Å². The number of carbonyl (C=O) groups excluding carboxylic acids is 3. The summed E-state index contributed by atoms with van der Waals surface area (Å²) >= 11 is 0. The topological polar surface area (TPSA) is 158 Å². The molecule has 1 aromatic heterocycles. The van der Waals surface area contributed by atoms with E-state index < -0.39 is 34.4 Å². The highest BCUT2D eigenvalue weighted by atomic mass is 32.2. The fourth-order valence-electron chi connectivity index (χ4n) is 2.17. The van der Waals surface area contributed by atoms with Crippen LogP contribution in [-0.4, -0.2) is 39.4 Å². The van der Waals surface area contributed by atoms with Crippen molar-refractivity contribution in [2.24, 2.45) is 5.14 Å². The van der Waals surface area contributed by atoms with Gasteiger partial charge in [0.15, 0.2) is 12.4 Å². The van der Waals surface area contributed by atoms with Crippen molar-refractivity contribution in [3.05, 3.63) is 47.9 Å². The number of carbonyl (C=O) groups is 3. The highest BCUT2D eigenvalue weighted by molar-refractivity contribution is 7.89. The molecule has 0 bridgehead atoms. The predicted octanol–water partition coefficient (Wildman–Crippen LogP) is 0.537. The molecule has 1 aromatic carbocycles. The van der Waals surface area contributed by atoms with Gasteiger partial charge >= 0.3 is 5.97 Å². The predicted molar refractivity (Wildman–Crippen MR) is 97.8 cm³/mol. The van der Waals surface area contributed by atoms with Crippen molar-refractivity contribution in [3.63, 3.8) is 0 Å². The zero-order chi connectivity index (χ0) is 20.7. The maximum absolute atomic E-state index is 11.8. The van der Waals surface area contributed by atoms with Gasteiger partial charge in [-0.05, 0) is 36.8 Å². The summed E-state index contributed by atoms with van der Waals surface area (Å²) in [5.41, 5.74) is 0.630. The lowest BCUT2D eigenvalue weighted by Gasteiger charge is -2.09. The number of benzene rings is 1. The first kappa shape index (κ1) is 21.1. The van der Waals surface area contributed by atoms with Gasteiger partial charge in [0.1, 0.15) is 0 Å². The summed E-state index contributed by atoms with van der Waals surface area (Å²) in [4.78, 5) is 35.0. The number of rotatable bonds is 8. The standard InChI is InChI=1S/C17H19N3O7S/c1-11-4-5-12(9-14(11)28(18,24)25)20-15(21)10-27-16(22)6-7-19-17(23)13-3-2-8-26-13/h2-5,8-9H,6-7,10H2,1H3,(H,19,23)(H,20,21)(H2,18,24,25). The van der Waals surface area contributed by atoms with Crippen molar-refractivity contribution in [3.8, 4) is 0 Å². The van der Waals surface area contributed by atoms with Crippen LogP contribution in [0.3, 0.4) is 0 Å². The zero-order valence-electron chi connectivity index (χ0n) is 14.9. The fourth-order valence-corrected chi connectivity index (χ4v) is 2.98. The Morgan fingerprint density at radius 2 is 1.96 bits per heavy atom. The molecule has 0 unspecified atom stereocenters. The molecule has 4 N–H and O–H groups in total. The third kappa shape index (κ3) is 6.21. The number of primary sulfonamides is 1. The largest absolute Gasteiger partial charge is 0.459 e. The summed E-state index contributed by atoms with van der Waals surface area (Å²) in [6.07, 6.45) is 1.21. The first-order valence-electron chi connectivity index (χ1n) is 8.07. The SMILES string of the molecule is Cc1ccc(NC(=O)COC(=O)CCNC(=O)c2ccco2)cc1S(N)(=O)=O. The molecule has 0 saturated carbocycles. The Hall–Kier alpha value is -3.18. The van der Waals surface area contributed by atoms with Crippen LogP contribution in [0.15, 0.2) is 45.9 Å². The number of anilines is 1. The minimum Gasteiger partial charge on any atom is -0.459 e. The summed E-state index contributed by atoms with van der Waals surface area (Å²) in [6, 6.07) is 7.23. The van der Waals surface area contributed by atoms with Gasteiger partial charge in [-0.2, -0.15) is 0 Å². The molecule has 1 heterocycles. The van der Waals surface area contributed by atoms with E-state index in [1.54, 1.807) is 13.0 Å². The highest BCUT2D eigenvalue weighted by Gasteiger charge is 2.14. The van der Waals surface area contributed by atoms with Crippen molar-refractivity contribution < 1.29 is 32.0 Å². The quantitative estimate of drug-likeness (QED) is 0.537. The van der Waals surface area contributed by atoms with E-state index in [2.05, 4.69) is 10.6 Å². The molecule has 2 aromatic rings. The molecule has 2 amide bonds. The number of furan rings is 1. The second-order valence-electron chi connectivity index (χ2n) is 5.72. The molecule has 0 aliphatic heterocycles. The molecule has 0 spiro atoms. The Morgan fingerprint density at radius 3 is 2.61 bits per heavy atom. The summed E-state index contributed by atoms with van der Waals surface area (Å²) < 4.78 is 32.7. The van der Waals surface area contributed by atoms with Crippen LogP contribution < -0.4 is 15.8 Å². The number of hydrogen-bond acceptors (Lipinski definition) is 7. The summed E-state index contributed by atoms with van der Waals surface area (Å²) in [6.45, 7) is 1.01. The number of ether oxygens (including phenoxy) is 1. The molecular weight excluding hydrogens is 390 g/mol. The number of esters is 1. The van der Waals surface area contributed by atoms with Gasteiger partial charge in [-0.25, -0.2) is 13.6 Å². The molecular formula is C17H19N3O7S. The van der Waals surface area contributed by atoms with Gasteiger partial charge < -0.3 is 19.8 Å². The molecule has 0 aliphatic rings. The van der Waals surface area contributed by atoms with Crippen LogP contribution in [0.1, 0.15) is 22.5 Å². The third-order valence-electron chi connectivity index (χ3n) is 3.50. The van der Waals surface area contributed by atoms with Crippen LogP contribution in [0.25, 0.3) is 0 Å². The molecule has 0 radical (unpaired) electrons. The Bertz CT molecular complexity index is 969. The van der Waals surface area contributed by atoms with E-state index in [1.807, 2.05) is 0 Å². The number of amides is 2. The average molecular weight is 409 g/mol. The Kier molecular flexibility index (Phi) is 6.90. The summed E-state index contributed by atoms with van der Waals surface area (Å²) in [5.74, 6) is -1.70. The van der Waals surface area contributed by atoms with Gasteiger partial charge in [0.2, 0.25) is 10.0 Å². The number of nitrogens with one attached hydrogen (secondary N) is 2. The minimum atomic E-state index is -3.93. The van der Waals surface area contributed by atoms with Gasteiger partial charge in [-0.15, -0.1) is 0 Å². The first-order chi connectivity index (χ1) is 13.2. The molecule has 150 valence electrons. The Balaban J connectivity index is 1.76. The summed E-state index contributed by atoms with van der Waals surface area (Å²) in [5, 5.41) is 9.99. The Morgan fingerprint density at radius 1 is 1.21 bits per heavy atom. The molecule has 0 fully saturated rings. The van der Waals surface area contributed by atoms with E-state index in [1.165, 1.54) is 30.5 Å². The van der Waals surface area contributed by atoms with E-state index in [9.17, 15) is 22.8 Å². The molecule has 10 nitrogen and oxygen atoms in total. The maximum Gasteiger partial charge on any atom is 0.308 e. The second-order valence-corrected chi connectivity index (χ2v) is 7.25. The van der Waals surface area contributed by atoms with Gasteiger partial charge in [0, 0.05) is 12.2 Å². The third-order valence-corrected chi connectivity index (χ3v) is 4.56. The van der Waals surface area contributed by atoms with Crippen LogP contribution in [0.5, 0.6) is 0 Å². The van der Waals surface area contributed by atoms with Crippen LogP contribution >= 0.6 is 0 Å². The molecule has 2 rings (SSSR count). The van der Waals surface area contributed by atoms with Gasteiger partial charge in [0.25, 0.3) is 11.8 Å². The van der Waals surface area contributed by atoms with Crippen LogP contribution in [0, 0.1) is 6.92 Å². The minimum absolute atomic E-state index is 0.00959. The molecule has 11 heteroatoms. The first-order valence-corrected chi connectivity index (χ1v) is 9.62. The number of nitrogens with two attached hydrogens (primary N) is 1. The highest BCUT2D eigenvalue weighted by Crippen LogP contribution is 2.18. The molecule has 0 aliphatic carbocycles. The molecule has 0 atom stereocenters. The lowest BCUT2D eigenvalue weighted by Crippen LogP contribution is -2.27. The normalized spacial score (nSPS) is 10.9. The lowest BCUT2D eigenvalue weighted by atomic mass is 10.2. The van der Waals surface area contributed by atoms with Crippen molar-refractivity contribution in [2.75, 3.05) is 18.5 Å². The van der Waals surface area contributed by atoms with Crippen LogP contribution in [0.2, 0.25) is 0 Å². The van der Waals surface area contributed by atoms with Crippen molar-refractivity contribution in [1.29, 1.82) is 0 Å². The van der Waals surface area contributed by atoms with E-state index >= 15 is 0 Å². The monoisotopic (exact) mass is 409 g/mol. The van der Waals surface area contributed by atoms with Gasteiger partial charge in [0.05, 0.1) is 17.6 Å². The van der Waals surface area contributed by atoms with Crippen molar-refractivity contribution >= 4 is 33.5 Å². The smallest absolute Gasteiger partial charge is 0.308 e. The fraction of sp³-hybridized carbons (Fsp3) is 0.235. The maximum atomic E-state index is 11.8. The summed E-state index contributed by atoms with van der Waals surface area (Å²) in [7, 11) is -3.93. The molecule has 0 saturated heterocycles. The van der Waals surface area contributed by atoms with E-state index in [0.29, 0.717) is 5.56 Å². The number of hydrogen-bond donors (Lipinski definition) is 3. The van der Waals surface area contributed by atoms with Gasteiger partial charge in [-0.3, -0.25) is 14.4 Å². The second kappa shape index (κ2) is 9.15. The van der Waals surface area contributed by atoms with Gasteiger partial charge in [-0.1, -0.05) is 6.07 Å². The van der Waals surface area contributed by atoms with Crippen LogP contribution in [0.4, 0.5) is 5.69 Å². The van der Waals surface area contributed by atoms with E-state index in [4.69, 9.17) is 14.3 Å². The number of sulfonamides is 1. The molecule has 28 heavy (non-hydrogen) atoms. The Labute approximate surface area is 161 Å². The van der Waals surface area contributed by atoms with Crippen LogP contribution in [-0.2, 0) is 24.3 Å². The number of aryl methyl sites for hydroxylation is 1. The lowest BCUT2D eigenvalue weighted by molar-refractivity contribution is -0.147. The average Bonchev–Trinajstić information content (AvgIpc) is 3.15. The van der Waals surface area contributed by atoms with Crippen molar-refractivity contribution in [1.82, 2.24) is 5.32 Å². The van der Waals surface area contributed by atoms with Crippen molar-refractivity contribution in [2.45, 2.75) is 18.2 Å². The van der Waals surface area contributed by atoms with E-state index in [0.717, 1.165) is 0 Å². The zero-order valence-corrected chi connectivity index (χ0v) is 15.7.